The molecular formula is C20H25ClN2O2. The third-order valence-corrected chi connectivity index (χ3v) is 4.72. The first kappa shape index (κ1) is 18.1. The fourth-order valence-electron chi connectivity index (χ4n) is 3.09. The number of aryl methyl sites for hydroxylation is 1. The molecule has 2 aromatic rings. The summed E-state index contributed by atoms with van der Waals surface area (Å²) in [6.45, 7) is 6.76. The Bertz CT molecular complexity index is 670. The number of aliphatic hydroxyl groups is 1. The summed E-state index contributed by atoms with van der Waals surface area (Å²) < 4.78 is 5.69. The van der Waals surface area contributed by atoms with Crippen LogP contribution in [0.2, 0.25) is 5.02 Å². The maximum absolute atomic E-state index is 10.3. The highest BCUT2D eigenvalue weighted by Gasteiger charge is 2.19. The Hall–Kier alpha value is -1.75. The van der Waals surface area contributed by atoms with Crippen LogP contribution in [0.1, 0.15) is 5.56 Å². The molecule has 0 amide bonds. The Morgan fingerprint density at radius 3 is 2.48 bits per heavy atom. The lowest BCUT2D eigenvalue weighted by molar-refractivity contribution is 0.0663. The van der Waals surface area contributed by atoms with Crippen LogP contribution in [0.4, 0.5) is 5.69 Å². The molecule has 0 aromatic heterocycles. The number of piperazine rings is 1. The quantitative estimate of drug-likeness (QED) is 0.858. The molecule has 5 heteroatoms. The van der Waals surface area contributed by atoms with Gasteiger partial charge in [-0.05, 0) is 48.9 Å². The number of nitrogens with zero attached hydrogens (tertiary/aromatic N) is 2. The molecule has 134 valence electrons. The molecule has 1 aliphatic heterocycles. The molecule has 1 atom stereocenters. The van der Waals surface area contributed by atoms with Crippen molar-refractivity contribution in [1.82, 2.24) is 4.90 Å². The smallest absolute Gasteiger partial charge is 0.119 e. The largest absolute Gasteiger partial charge is 0.491 e. The average Bonchev–Trinajstić information content (AvgIpc) is 2.62. The number of hydrogen-bond donors (Lipinski definition) is 1. The van der Waals surface area contributed by atoms with E-state index in [0.717, 1.165) is 42.5 Å². The van der Waals surface area contributed by atoms with Crippen molar-refractivity contribution in [2.75, 3.05) is 44.2 Å². The van der Waals surface area contributed by atoms with Crippen molar-refractivity contribution >= 4 is 17.3 Å². The molecule has 1 N–H and O–H groups in total. The minimum Gasteiger partial charge on any atom is -0.491 e. The van der Waals surface area contributed by atoms with Gasteiger partial charge in [0.1, 0.15) is 18.5 Å². The van der Waals surface area contributed by atoms with Gasteiger partial charge in [0.15, 0.2) is 0 Å². The number of benzene rings is 2. The van der Waals surface area contributed by atoms with Crippen molar-refractivity contribution < 1.29 is 9.84 Å². The molecular weight excluding hydrogens is 336 g/mol. The van der Waals surface area contributed by atoms with Crippen LogP contribution in [0.3, 0.4) is 0 Å². The number of hydrogen-bond acceptors (Lipinski definition) is 4. The Kier molecular flexibility index (Phi) is 6.19. The second kappa shape index (κ2) is 8.56. The van der Waals surface area contributed by atoms with Crippen molar-refractivity contribution in [1.29, 1.82) is 0 Å². The second-order valence-electron chi connectivity index (χ2n) is 6.55. The van der Waals surface area contributed by atoms with Crippen molar-refractivity contribution in [2.24, 2.45) is 0 Å². The normalized spacial score (nSPS) is 16.7. The van der Waals surface area contributed by atoms with Crippen LogP contribution in [0.15, 0.2) is 48.5 Å². The lowest BCUT2D eigenvalue weighted by atomic mass is 10.2. The van der Waals surface area contributed by atoms with E-state index in [2.05, 4.69) is 21.9 Å². The molecule has 1 fully saturated rings. The number of anilines is 1. The van der Waals surface area contributed by atoms with Gasteiger partial charge in [0.05, 0.1) is 0 Å². The molecule has 0 aliphatic carbocycles. The van der Waals surface area contributed by atoms with E-state index in [4.69, 9.17) is 16.3 Å². The summed E-state index contributed by atoms with van der Waals surface area (Å²) in [7, 11) is 0. The van der Waals surface area contributed by atoms with Gasteiger partial charge in [0.25, 0.3) is 0 Å². The van der Waals surface area contributed by atoms with Crippen molar-refractivity contribution in [3.8, 4) is 5.75 Å². The minimum absolute atomic E-state index is 0.320. The average molecular weight is 361 g/mol. The fourth-order valence-corrected chi connectivity index (χ4v) is 3.21. The molecule has 25 heavy (non-hydrogen) atoms. The van der Waals surface area contributed by atoms with Crippen LogP contribution in [-0.2, 0) is 0 Å². The molecule has 1 saturated heterocycles. The molecule has 0 unspecified atom stereocenters. The van der Waals surface area contributed by atoms with Crippen molar-refractivity contribution in [3.05, 3.63) is 59.1 Å². The molecule has 0 spiro atoms. The zero-order valence-corrected chi connectivity index (χ0v) is 15.3. The van der Waals surface area contributed by atoms with Crippen LogP contribution in [0.25, 0.3) is 0 Å². The first-order chi connectivity index (χ1) is 12.1. The molecule has 1 aliphatic rings. The summed E-state index contributed by atoms with van der Waals surface area (Å²) >= 11 is 5.95. The summed E-state index contributed by atoms with van der Waals surface area (Å²) in [5.74, 6) is 0.812. The SMILES string of the molecule is Cc1cccc(OC[C@H](O)CN2CCN(c3ccc(Cl)cc3)CC2)c1. The standard InChI is InChI=1S/C20H25ClN2O2/c1-16-3-2-4-20(13-16)25-15-19(24)14-22-9-11-23(12-10-22)18-7-5-17(21)6-8-18/h2-8,13,19,24H,9-12,14-15H2,1H3/t19-/m1/s1. The van der Waals surface area contributed by atoms with E-state index in [1.807, 2.05) is 43.3 Å². The lowest BCUT2D eigenvalue weighted by Gasteiger charge is -2.36. The van der Waals surface area contributed by atoms with E-state index in [0.29, 0.717) is 13.2 Å². The Balaban J connectivity index is 1.41. The van der Waals surface area contributed by atoms with E-state index in [1.165, 1.54) is 5.69 Å². The van der Waals surface area contributed by atoms with Gasteiger partial charge in [-0.25, -0.2) is 0 Å². The third-order valence-electron chi connectivity index (χ3n) is 4.46. The van der Waals surface area contributed by atoms with E-state index in [1.54, 1.807) is 0 Å². The zero-order valence-electron chi connectivity index (χ0n) is 14.6. The lowest BCUT2D eigenvalue weighted by Crippen LogP contribution is -2.49. The maximum Gasteiger partial charge on any atom is 0.119 e. The predicted octanol–water partition coefficient (Wildman–Crippen LogP) is 3.21. The molecule has 3 rings (SSSR count). The van der Waals surface area contributed by atoms with Gasteiger partial charge in [-0.15, -0.1) is 0 Å². The number of aliphatic hydroxyl groups excluding tert-OH is 1. The Labute approximate surface area is 154 Å². The van der Waals surface area contributed by atoms with Crippen LogP contribution in [0.5, 0.6) is 5.75 Å². The second-order valence-corrected chi connectivity index (χ2v) is 6.98. The third kappa shape index (κ3) is 5.36. The van der Waals surface area contributed by atoms with E-state index >= 15 is 0 Å². The van der Waals surface area contributed by atoms with Crippen LogP contribution >= 0.6 is 11.6 Å². The van der Waals surface area contributed by atoms with Gasteiger partial charge in [-0.1, -0.05) is 23.7 Å². The van der Waals surface area contributed by atoms with E-state index < -0.39 is 6.10 Å². The Morgan fingerprint density at radius 1 is 1.08 bits per heavy atom. The van der Waals surface area contributed by atoms with Gasteiger partial charge in [-0.3, -0.25) is 4.90 Å². The van der Waals surface area contributed by atoms with Gasteiger partial charge in [0.2, 0.25) is 0 Å². The predicted molar refractivity (Wildman–Crippen MR) is 103 cm³/mol. The minimum atomic E-state index is -0.484. The van der Waals surface area contributed by atoms with Gasteiger partial charge in [0, 0.05) is 43.4 Å². The molecule has 4 nitrogen and oxygen atoms in total. The van der Waals surface area contributed by atoms with Crippen molar-refractivity contribution in [2.45, 2.75) is 13.0 Å². The highest BCUT2D eigenvalue weighted by atomic mass is 35.5. The fraction of sp³-hybridized carbons (Fsp3) is 0.400. The molecule has 0 radical (unpaired) electrons. The van der Waals surface area contributed by atoms with Crippen LogP contribution in [0, 0.1) is 6.92 Å². The number of ether oxygens (including phenoxy) is 1. The summed E-state index contributed by atoms with van der Waals surface area (Å²) in [5.41, 5.74) is 2.36. The topological polar surface area (TPSA) is 35.9 Å². The number of β-amino-alcohol motifs (C(OH)–C–C–N with tert-alkyl or cyclic N) is 1. The van der Waals surface area contributed by atoms with Crippen LogP contribution in [-0.4, -0.2) is 55.4 Å². The van der Waals surface area contributed by atoms with Crippen LogP contribution < -0.4 is 9.64 Å². The van der Waals surface area contributed by atoms with Gasteiger partial charge >= 0.3 is 0 Å². The number of rotatable bonds is 6. The maximum atomic E-state index is 10.3. The highest BCUT2D eigenvalue weighted by molar-refractivity contribution is 6.30. The molecule has 2 aromatic carbocycles. The number of halogens is 1. The van der Waals surface area contributed by atoms with Gasteiger partial charge < -0.3 is 14.7 Å². The van der Waals surface area contributed by atoms with Crippen molar-refractivity contribution in [3.63, 3.8) is 0 Å². The van der Waals surface area contributed by atoms with Gasteiger partial charge in [-0.2, -0.15) is 0 Å². The summed E-state index contributed by atoms with van der Waals surface area (Å²) in [4.78, 5) is 4.64. The highest BCUT2D eigenvalue weighted by Crippen LogP contribution is 2.19. The summed E-state index contributed by atoms with van der Waals surface area (Å²) in [6, 6.07) is 15.9. The molecule has 0 bridgehead atoms. The summed E-state index contributed by atoms with van der Waals surface area (Å²) in [5, 5.41) is 11.0. The molecule has 0 saturated carbocycles. The first-order valence-corrected chi connectivity index (χ1v) is 9.08. The first-order valence-electron chi connectivity index (χ1n) is 8.70. The monoisotopic (exact) mass is 360 g/mol. The Morgan fingerprint density at radius 2 is 1.80 bits per heavy atom. The zero-order chi connectivity index (χ0) is 17.6. The van der Waals surface area contributed by atoms with E-state index in [-0.39, 0.29) is 0 Å². The summed E-state index contributed by atoms with van der Waals surface area (Å²) in [6.07, 6.45) is -0.484. The molecule has 1 heterocycles. The van der Waals surface area contributed by atoms with E-state index in [9.17, 15) is 5.11 Å².